The van der Waals surface area contributed by atoms with E-state index in [9.17, 15) is 4.79 Å². The van der Waals surface area contributed by atoms with E-state index in [1.165, 1.54) is 0 Å². The van der Waals surface area contributed by atoms with Crippen molar-refractivity contribution in [2.45, 2.75) is 19.9 Å². The van der Waals surface area contributed by atoms with Gasteiger partial charge in [0.15, 0.2) is 0 Å². The molecule has 0 saturated carbocycles. The summed E-state index contributed by atoms with van der Waals surface area (Å²) in [6, 6.07) is 11.5. The van der Waals surface area contributed by atoms with Crippen molar-refractivity contribution in [2.24, 2.45) is 0 Å². The summed E-state index contributed by atoms with van der Waals surface area (Å²) in [6.45, 7) is 3.64. The molecular weight excluding hydrogens is 278 g/mol. The second-order valence-corrected chi connectivity index (χ2v) is 4.94. The normalized spacial score (nSPS) is 10.0. The number of carbonyl (C=O) groups is 1. The molecule has 2 aromatic rings. The molecule has 2 rings (SSSR count). The van der Waals surface area contributed by atoms with Crippen LogP contribution in [0.15, 0.2) is 48.8 Å². The lowest BCUT2D eigenvalue weighted by Gasteiger charge is -2.10. The van der Waals surface area contributed by atoms with E-state index in [-0.39, 0.29) is 6.03 Å². The highest BCUT2D eigenvalue weighted by atomic mass is 16.5. The molecule has 1 heterocycles. The summed E-state index contributed by atoms with van der Waals surface area (Å²) in [5.41, 5.74) is 2.09. The fourth-order valence-electron chi connectivity index (χ4n) is 1.92. The molecule has 0 unspecified atom stereocenters. The quantitative estimate of drug-likeness (QED) is 0.773. The zero-order chi connectivity index (χ0) is 15.6. The lowest BCUT2D eigenvalue weighted by molar-refractivity contribution is 0.238. The average Bonchev–Trinajstić information content (AvgIpc) is 2.55. The van der Waals surface area contributed by atoms with Gasteiger partial charge in [-0.1, -0.05) is 24.3 Å². The molecule has 1 aromatic carbocycles. The van der Waals surface area contributed by atoms with E-state index >= 15 is 0 Å². The first-order chi connectivity index (χ1) is 10.8. The van der Waals surface area contributed by atoms with Crippen LogP contribution >= 0.6 is 0 Å². The number of hydrogen-bond acceptors (Lipinski definition) is 3. The molecule has 0 spiro atoms. The third-order valence-corrected chi connectivity index (χ3v) is 3.13. The van der Waals surface area contributed by atoms with Crippen molar-refractivity contribution in [3.8, 4) is 5.75 Å². The monoisotopic (exact) mass is 299 g/mol. The summed E-state index contributed by atoms with van der Waals surface area (Å²) in [7, 11) is 0. The second kappa shape index (κ2) is 8.67. The van der Waals surface area contributed by atoms with Crippen LogP contribution in [-0.4, -0.2) is 24.2 Å². The highest BCUT2D eigenvalue weighted by Gasteiger charge is 2.01. The molecule has 1 aromatic heterocycles. The zero-order valence-corrected chi connectivity index (χ0v) is 12.7. The van der Waals surface area contributed by atoms with Crippen LogP contribution in [0.1, 0.15) is 17.5 Å². The van der Waals surface area contributed by atoms with Gasteiger partial charge in [-0.05, 0) is 36.6 Å². The highest BCUT2D eigenvalue weighted by molar-refractivity contribution is 5.73. The molecule has 22 heavy (non-hydrogen) atoms. The van der Waals surface area contributed by atoms with Crippen LogP contribution in [0.5, 0.6) is 5.75 Å². The third-order valence-electron chi connectivity index (χ3n) is 3.13. The Balaban J connectivity index is 1.57. The minimum absolute atomic E-state index is 0.181. The summed E-state index contributed by atoms with van der Waals surface area (Å²) in [5, 5.41) is 5.59. The van der Waals surface area contributed by atoms with Gasteiger partial charge in [-0.25, -0.2) is 4.79 Å². The molecule has 0 radical (unpaired) electrons. The molecule has 0 aliphatic rings. The summed E-state index contributed by atoms with van der Waals surface area (Å²) in [4.78, 5) is 15.6. The largest absolute Gasteiger partial charge is 0.493 e. The van der Waals surface area contributed by atoms with E-state index in [0.717, 1.165) is 23.3 Å². The number of para-hydroxylation sites is 1. The first-order valence-electron chi connectivity index (χ1n) is 7.35. The maximum Gasteiger partial charge on any atom is 0.315 e. The van der Waals surface area contributed by atoms with Crippen LogP contribution in [0.4, 0.5) is 4.79 Å². The van der Waals surface area contributed by atoms with Gasteiger partial charge in [-0.2, -0.15) is 0 Å². The topological polar surface area (TPSA) is 63.2 Å². The number of hydrogen-bond donors (Lipinski definition) is 2. The number of carbonyl (C=O) groups excluding carboxylic acids is 1. The molecule has 0 aliphatic heterocycles. The van der Waals surface area contributed by atoms with Gasteiger partial charge in [0.2, 0.25) is 0 Å². The fourth-order valence-corrected chi connectivity index (χ4v) is 1.92. The lowest BCUT2D eigenvalue weighted by Crippen LogP contribution is -2.36. The van der Waals surface area contributed by atoms with E-state index in [2.05, 4.69) is 15.6 Å². The zero-order valence-electron chi connectivity index (χ0n) is 12.7. The summed E-state index contributed by atoms with van der Waals surface area (Å²) >= 11 is 0. The molecule has 2 amide bonds. The van der Waals surface area contributed by atoms with E-state index in [1.807, 2.05) is 43.3 Å². The predicted molar refractivity (Wildman–Crippen MR) is 85.8 cm³/mol. The average molecular weight is 299 g/mol. The molecule has 2 N–H and O–H groups in total. The van der Waals surface area contributed by atoms with Crippen molar-refractivity contribution in [3.63, 3.8) is 0 Å². The van der Waals surface area contributed by atoms with Gasteiger partial charge in [-0.15, -0.1) is 0 Å². The Bertz CT molecular complexity index is 587. The number of rotatable bonds is 7. The molecule has 0 fully saturated rings. The molecule has 0 atom stereocenters. The number of ether oxygens (including phenoxy) is 1. The van der Waals surface area contributed by atoms with Crippen molar-refractivity contribution < 1.29 is 9.53 Å². The molecule has 116 valence electrons. The molecule has 0 aliphatic carbocycles. The Morgan fingerprint density at radius 2 is 2.05 bits per heavy atom. The number of nitrogens with one attached hydrogen (secondary N) is 2. The maximum absolute atomic E-state index is 11.6. The number of aryl methyl sites for hydroxylation is 1. The summed E-state index contributed by atoms with van der Waals surface area (Å²) in [6.07, 6.45) is 4.20. The van der Waals surface area contributed by atoms with Crippen LogP contribution < -0.4 is 15.4 Å². The van der Waals surface area contributed by atoms with Gasteiger partial charge >= 0.3 is 6.03 Å². The standard InChI is InChI=1S/C17H21N3O2/c1-14-6-2-3-8-16(14)22-11-5-10-19-17(21)20-13-15-7-4-9-18-12-15/h2-4,6-9,12H,5,10-11,13H2,1H3,(H2,19,20,21). The minimum Gasteiger partial charge on any atom is -0.493 e. The van der Waals surface area contributed by atoms with Crippen molar-refractivity contribution >= 4 is 6.03 Å². The Hall–Kier alpha value is -2.56. The highest BCUT2D eigenvalue weighted by Crippen LogP contribution is 2.15. The number of benzene rings is 1. The van der Waals surface area contributed by atoms with Gasteiger partial charge in [0.25, 0.3) is 0 Å². The number of pyridine rings is 1. The second-order valence-electron chi connectivity index (χ2n) is 4.94. The van der Waals surface area contributed by atoms with Crippen molar-refractivity contribution in [1.82, 2.24) is 15.6 Å². The fraction of sp³-hybridized carbons (Fsp3) is 0.294. The van der Waals surface area contributed by atoms with E-state index < -0.39 is 0 Å². The molecule has 0 saturated heterocycles. The Morgan fingerprint density at radius 1 is 1.18 bits per heavy atom. The number of amides is 2. The summed E-state index contributed by atoms with van der Waals surface area (Å²) < 4.78 is 5.67. The van der Waals surface area contributed by atoms with Crippen molar-refractivity contribution in [1.29, 1.82) is 0 Å². The van der Waals surface area contributed by atoms with E-state index in [0.29, 0.717) is 19.7 Å². The molecule has 0 bridgehead atoms. The molecular formula is C17H21N3O2. The number of aromatic nitrogens is 1. The predicted octanol–water partition coefficient (Wildman–Crippen LogP) is 2.66. The van der Waals surface area contributed by atoms with Gasteiger partial charge in [-0.3, -0.25) is 4.98 Å². The van der Waals surface area contributed by atoms with Crippen LogP contribution in [0.2, 0.25) is 0 Å². The van der Waals surface area contributed by atoms with Crippen LogP contribution in [0, 0.1) is 6.92 Å². The van der Waals surface area contributed by atoms with E-state index in [4.69, 9.17) is 4.74 Å². The molecule has 5 nitrogen and oxygen atoms in total. The van der Waals surface area contributed by atoms with Crippen LogP contribution in [0.25, 0.3) is 0 Å². The smallest absolute Gasteiger partial charge is 0.315 e. The summed E-state index contributed by atoms with van der Waals surface area (Å²) in [5.74, 6) is 0.892. The van der Waals surface area contributed by atoms with Gasteiger partial charge < -0.3 is 15.4 Å². The van der Waals surface area contributed by atoms with Crippen molar-refractivity contribution in [2.75, 3.05) is 13.2 Å². The van der Waals surface area contributed by atoms with Gasteiger partial charge in [0, 0.05) is 25.5 Å². The maximum atomic E-state index is 11.6. The number of urea groups is 1. The van der Waals surface area contributed by atoms with Crippen LogP contribution in [-0.2, 0) is 6.54 Å². The van der Waals surface area contributed by atoms with Crippen molar-refractivity contribution in [3.05, 3.63) is 59.9 Å². The Morgan fingerprint density at radius 3 is 2.82 bits per heavy atom. The first-order valence-corrected chi connectivity index (χ1v) is 7.35. The lowest BCUT2D eigenvalue weighted by atomic mass is 10.2. The van der Waals surface area contributed by atoms with E-state index in [1.54, 1.807) is 12.4 Å². The number of nitrogens with zero attached hydrogens (tertiary/aromatic N) is 1. The third kappa shape index (κ3) is 5.44. The Kier molecular flexibility index (Phi) is 6.23. The molecule has 5 heteroatoms. The van der Waals surface area contributed by atoms with Gasteiger partial charge in [0.1, 0.15) is 5.75 Å². The van der Waals surface area contributed by atoms with Crippen LogP contribution in [0.3, 0.4) is 0 Å². The minimum atomic E-state index is -0.181. The van der Waals surface area contributed by atoms with Gasteiger partial charge in [0.05, 0.1) is 6.61 Å². The first kappa shape index (κ1) is 15.8. The SMILES string of the molecule is Cc1ccccc1OCCCNC(=O)NCc1cccnc1. The Labute approximate surface area is 130 Å².